The van der Waals surface area contributed by atoms with Gasteiger partial charge in [0.05, 0.1) is 17.1 Å². The number of fused-ring (bicyclic) bond motifs is 1. The molecule has 0 saturated heterocycles. The highest BCUT2D eigenvalue weighted by Gasteiger charge is 2.01. The van der Waals surface area contributed by atoms with Crippen molar-refractivity contribution in [3.05, 3.63) is 70.8 Å². The molecular weight excluding hydrogens is 276 g/mol. The number of hydrogen-bond donors (Lipinski definition) is 0. The summed E-state index contributed by atoms with van der Waals surface area (Å²) < 4.78 is 1.25. The summed E-state index contributed by atoms with van der Waals surface area (Å²) in [6.45, 7) is 0. The van der Waals surface area contributed by atoms with E-state index in [0.29, 0.717) is 10.9 Å². The average molecular weight is 292 g/mol. The maximum atomic E-state index is 12.3. The van der Waals surface area contributed by atoms with Crippen molar-refractivity contribution in [1.82, 2.24) is 9.66 Å². The molecule has 5 heteroatoms. The Morgan fingerprint density at radius 3 is 2.55 bits per heavy atom. The number of para-hydroxylation sites is 1. The fourth-order valence-electron chi connectivity index (χ4n) is 2.13. The maximum Gasteiger partial charge on any atom is 0.281 e. The van der Waals surface area contributed by atoms with Crippen LogP contribution < -0.4 is 10.5 Å². The summed E-state index contributed by atoms with van der Waals surface area (Å²) in [4.78, 5) is 18.6. The monoisotopic (exact) mass is 292 g/mol. The van der Waals surface area contributed by atoms with E-state index in [1.54, 1.807) is 12.3 Å². The molecule has 22 heavy (non-hydrogen) atoms. The van der Waals surface area contributed by atoms with Crippen molar-refractivity contribution in [3.63, 3.8) is 0 Å². The van der Waals surface area contributed by atoms with Crippen LogP contribution in [0.1, 0.15) is 5.56 Å². The molecule has 0 aliphatic heterocycles. The molecule has 0 fully saturated rings. The third-order valence-electron chi connectivity index (χ3n) is 3.39. The molecular formula is C17H16N4O. The lowest BCUT2D eigenvalue weighted by molar-refractivity contribution is 0.817. The zero-order chi connectivity index (χ0) is 15.5. The van der Waals surface area contributed by atoms with E-state index in [9.17, 15) is 4.79 Å². The molecule has 0 radical (unpaired) electrons. The van der Waals surface area contributed by atoms with Gasteiger partial charge < -0.3 is 4.90 Å². The first-order valence-electron chi connectivity index (χ1n) is 6.93. The largest absolute Gasteiger partial charge is 0.378 e. The third kappa shape index (κ3) is 2.74. The van der Waals surface area contributed by atoms with E-state index < -0.39 is 0 Å². The Hall–Kier alpha value is -2.95. The number of aromatic nitrogens is 2. The predicted octanol–water partition coefficient (Wildman–Crippen LogP) is 2.34. The van der Waals surface area contributed by atoms with E-state index in [1.165, 1.54) is 11.0 Å². The molecule has 0 aliphatic rings. The van der Waals surface area contributed by atoms with Gasteiger partial charge in [0, 0.05) is 19.8 Å². The Morgan fingerprint density at radius 1 is 1.09 bits per heavy atom. The first-order chi connectivity index (χ1) is 10.6. The van der Waals surface area contributed by atoms with Crippen molar-refractivity contribution in [2.24, 2.45) is 5.10 Å². The van der Waals surface area contributed by atoms with E-state index in [1.807, 2.05) is 61.5 Å². The third-order valence-corrected chi connectivity index (χ3v) is 3.39. The zero-order valence-electron chi connectivity index (χ0n) is 12.5. The molecule has 0 saturated carbocycles. The second-order valence-electron chi connectivity index (χ2n) is 5.14. The highest BCUT2D eigenvalue weighted by molar-refractivity contribution is 5.81. The lowest BCUT2D eigenvalue weighted by Crippen LogP contribution is -2.17. The molecule has 1 heterocycles. The fraction of sp³-hybridized carbons (Fsp3) is 0.118. The Bertz CT molecular complexity index is 879. The molecule has 3 rings (SSSR count). The molecule has 0 amide bonds. The van der Waals surface area contributed by atoms with Crippen molar-refractivity contribution in [2.75, 3.05) is 19.0 Å². The first-order valence-corrected chi connectivity index (χ1v) is 6.93. The van der Waals surface area contributed by atoms with Crippen LogP contribution in [0.25, 0.3) is 10.9 Å². The quantitative estimate of drug-likeness (QED) is 0.696. The second kappa shape index (κ2) is 5.81. The predicted molar refractivity (Wildman–Crippen MR) is 89.8 cm³/mol. The van der Waals surface area contributed by atoms with Crippen LogP contribution in [0, 0.1) is 0 Å². The summed E-state index contributed by atoms with van der Waals surface area (Å²) in [5.74, 6) is 0. The molecule has 0 atom stereocenters. The van der Waals surface area contributed by atoms with Crippen molar-refractivity contribution < 1.29 is 0 Å². The fourth-order valence-corrected chi connectivity index (χ4v) is 2.13. The van der Waals surface area contributed by atoms with E-state index >= 15 is 0 Å². The SMILES string of the molecule is CN(C)c1ccc(/C=N\n2cnc3ccccc3c2=O)cc1. The van der Waals surface area contributed by atoms with Crippen molar-refractivity contribution in [3.8, 4) is 0 Å². The molecule has 0 spiro atoms. The van der Waals surface area contributed by atoms with E-state index in [2.05, 4.69) is 10.1 Å². The minimum Gasteiger partial charge on any atom is -0.378 e. The summed E-state index contributed by atoms with van der Waals surface area (Å²) in [6.07, 6.45) is 3.09. The van der Waals surface area contributed by atoms with Crippen LogP contribution in [0.2, 0.25) is 0 Å². The Labute approximate surface area is 128 Å². The van der Waals surface area contributed by atoms with Crippen LogP contribution in [0.3, 0.4) is 0 Å². The lowest BCUT2D eigenvalue weighted by atomic mass is 10.2. The Balaban J connectivity index is 1.92. The van der Waals surface area contributed by atoms with Crippen molar-refractivity contribution >= 4 is 22.8 Å². The maximum absolute atomic E-state index is 12.3. The van der Waals surface area contributed by atoms with E-state index in [0.717, 1.165) is 11.3 Å². The van der Waals surface area contributed by atoms with Gasteiger partial charge in [0.15, 0.2) is 0 Å². The lowest BCUT2D eigenvalue weighted by Gasteiger charge is -2.11. The molecule has 3 aromatic rings. The van der Waals surface area contributed by atoms with Gasteiger partial charge in [-0.25, -0.2) is 4.98 Å². The minimum absolute atomic E-state index is 0.174. The second-order valence-corrected chi connectivity index (χ2v) is 5.14. The summed E-state index contributed by atoms with van der Waals surface area (Å²) in [7, 11) is 3.98. The van der Waals surface area contributed by atoms with Gasteiger partial charge in [-0.1, -0.05) is 24.3 Å². The Morgan fingerprint density at radius 2 is 1.82 bits per heavy atom. The summed E-state index contributed by atoms with van der Waals surface area (Å²) in [5, 5.41) is 4.76. The number of anilines is 1. The van der Waals surface area contributed by atoms with Crippen molar-refractivity contribution in [2.45, 2.75) is 0 Å². The number of hydrogen-bond acceptors (Lipinski definition) is 4. The minimum atomic E-state index is -0.174. The van der Waals surface area contributed by atoms with Gasteiger partial charge in [-0.15, -0.1) is 0 Å². The van der Waals surface area contributed by atoms with Crippen LogP contribution in [-0.4, -0.2) is 30.0 Å². The molecule has 1 aromatic heterocycles. The van der Waals surface area contributed by atoms with Gasteiger partial charge in [-0.2, -0.15) is 9.78 Å². The molecule has 0 bridgehead atoms. The van der Waals surface area contributed by atoms with Gasteiger partial charge in [0.1, 0.15) is 6.33 Å². The number of rotatable bonds is 3. The molecule has 2 aromatic carbocycles. The standard InChI is InChI=1S/C17H16N4O/c1-20(2)14-9-7-13(8-10-14)11-19-21-12-18-16-6-4-3-5-15(16)17(21)22/h3-12H,1-2H3/b19-11-. The molecule has 0 aliphatic carbocycles. The van der Waals surface area contributed by atoms with Gasteiger partial charge in [-0.05, 0) is 29.8 Å². The Kier molecular flexibility index (Phi) is 3.70. The highest BCUT2D eigenvalue weighted by atomic mass is 16.1. The zero-order valence-corrected chi connectivity index (χ0v) is 12.5. The van der Waals surface area contributed by atoms with Crippen LogP contribution in [0.5, 0.6) is 0 Å². The van der Waals surface area contributed by atoms with Gasteiger partial charge in [0.25, 0.3) is 5.56 Å². The average Bonchev–Trinajstić information content (AvgIpc) is 2.55. The van der Waals surface area contributed by atoms with Gasteiger partial charge >= 0.3 is 0 Å². The van der Waals surface area contributed by atoms with Crippen molar-refractivity contribution in [1.29, 1.82) is 0 Å². The highest BCUT2D eigenvalue weighted by Crippen LogP contribution is 2.11. The van der Waals surface area contributed by atoms with E-state index in [-0.39, 0.29) is 5.56 Å². The van der Waals surface area contributed by atoms with Gasteiger partial charge in [-0.3, -0.25) is 4.79 Å². The van der Waals surface area contributed by atoms with E-state index in [4.69, 9.17) is 0 Å². The van der Waals surface area contributed by atoms with Crippen LogP contribution >= 0.6 is 0 Å². The molecule has 110 valence electrons. The summed E-state index contributed by atoms with van der Waals surface area (Å²) in [6, 6.07) is 15.2. The topological polar surface area (TPSA) is 50.5 Å². The number of nitrogens with zero attached hydrogens (tertiary/aromatic N) is 4. The number of benzene rings is 2. The normalized spacial score (nSPS) is 11.2. The molecule has 5 nitrogen and oxygen atoms in total. The molecule has 0 unspecified atom stereocenters. The van der Waals surface area contributed by atoms with Crippen LogP contribution in [0.15, 0.2) is 64.8 Å². The summed E-state index contributed by atoms with van der Waals surface area (Å²) in [5.41, 5.74) is 2.54. The summed E-state index contributed by atoms with van der Waals surface area (Å²) >= 11 is 0. The smallest absolute Gasteiger partial charge is 0.281 e. The van der Waals surface area contributed by atoms with Gasteiger partial charge in [0.2, 0.25) is 0 Å². The van der Waals surface area contributed by atoms with Crippen LogP contribution in [-0.2, 0) is 0 Å². The first kappa shape index (κ1) is 14.0. The van der Waals surface area contributed by atoms with Crippen LogP contribution in [0.4, 0.5) is 5.69 Å². The molecule has 0 N–H and O–H groups in total.